The van der Waals surface area contributed by atoms with Gasteiger partial charge in [-0.15, -0.1) is 10.2 Å². The van der Waals surface area contributed by atoms with E-state index < -0.39 is 0 Å². The summed E-state index contributed by atoms with van der Waals surface area (Å²) in [6.45, 7) is 4.11. The maximum Gasteiger partial charge on any atom is 0.185 e. The highest BCUT2D eigenvalue weighted by Gasteiger charge is 2.10. The molecule has 0 saturated heterocycles. The van der Waals surface area contributed by atoms with Gasteiger partial charge in [0.15, 0.2) is 11.5 Å². The van der Waals surface area contributed by atoms with Gasteiger partial charge in [-0.1, -0.05) is 28.8 Å². The number of nitrogens with zero attached hydrogens (tertiary/aromatic N) is 4. The van der Waals surface area contributed by atoms with E-state index in [-0.39, 0.29) is 0 Å². The summed E-state index contributed by atoms with van der Waals surface area (Å²) in [7, 11) is 0. The summed E-state index contributed by atoms with van der Waals surface area (Å²) in [4.78, 5) is 0. The van der Waals surface area contributed by atoms with Crippen LogP contribution in [0.1, 0.15) is 11.1 Å². The first-order valence-corrected chi connectivity index (χ1v) is 5.98. The van der Waals surface area contributed by atoms with Crippen LogP contribution in [-0.4, -0.2) is 19.8 Å². The van der Waals surface area contributed by atoms with Gasteiger partial charge in [0.25, 0.3) is 0 Å². The fraction of sp³-hybridized carbons (Fsp3) is 0.154. The first-order valence-electron chi connectivity index (χ1n) is 5.60. The van der Waals surface area contributed by atoms with Gasteiger partial charge in [-0.2, -0.15) is 9.61 Å². The van der Waals surface area contributed by atoms with E-state index in [2.05, 4.69) is 47.3 Å². The van der Waals surface area contributed by atoms with E-state index in [1.54, 1.807) is 16.6 Å². The van der Waals surface area contributed by atoms with Crippen molar-refractivity contribution in [2.45, 2.75) is 13.8 Å². The number of aromatic nitrogens is 4. The Kier molecular flexibility index (Phi) is 2.52. The van der Waals surface area contributed by atoms with Crippen molar-refractivity contribution in [2.75, 3.05) is 0 Å². The number of fused-ring (bicyclic) bond motifs is 1. The van der Waals surface area contributed by atoms with Gasteiger partial charge in [0.1, 0.15) is 5.15 Å². The van der Waals surface area contributed by atoms with Crippen LogP contribution in [0, 0.1) is 13.8 Å². The Morgan fingerprint density at radius 3 is 2.44 bits per heavy atom. The summed E-state index contributed by atoms with van der Waals surface area (Å²) in [6, 6.07) is 9.75. The zero-order valence-electron chi connectivity index (χ0n) is 10.1. The summed E-state index contributed by atoms with van der Waals surface area (Å²) in [5.41, 5.74) is 4.05. The molecule has 1 aromatic carbocycles. The SMILES string of the molecule is Cc1cc(C)cc(-c2nnc3ccc(Cl)nn23)c1. The maximum absolute atomic E-state index is 5.91. The molecule has 0 spiro atoms. The first kappa shape index (κ1) is 11.2. The third-order valence-electron chi connectivity index (χ3n) is 2.71. The summed E-state index contributed by atoms with van der Waals surface area (Å²) in [5.74, 6) is 0.708. The smallest absolute Gasteiger partial charge is 0.185 e. The zero-order valence-corrected chi connectivity index (χ0v) is 10.8. The maximum atomic E-state index is 5.91. The molecule has 90 valence electrons. The quantitative estimate of drug-likeness (QED) is 0.674. The summed E-state index contributed by atoms with van der Waals surface area (Å²) in [5, 5.41) is 12.9. The number of rotatable bonds is 1. The monoisotopic (exact) mass is 258 g/mol. The molecule has 0 unspecified atom stereocenters. The third-order valence-corrected chi connectivity index (χ3v) is 2.91. The molecule has 2 aromatic heterocycles. The number of halogens is 1. The summed E-state index contributed by atoms with van der Waals surface area (Å²) >= 11 is 5.91. The second kappa shape index (κ2) is 4.07. The van der Waals surface area contributed by atoms with Gasteiger partial charge >= 0.3 is 0 Å². The van der Waals surface area contributed by atoms with Gasteiger partial charge in [-0.25, -0.2) is 0 Å². The molecule has 18 heavy (non-hydrogen) atoms. The van der Waals surface area contributed by atoms with Crippen LogP contribution in [-0.2, 0) is 0 Å². The predicted octanol–water partition coefficient (Wildman–Crippen LogP) is 3.06. The van der Waals surface area contributed by atoms with Crippen LogP contribution in [0.3, 0.4) is 0 Å². The highest BCUT2D eigenvalue weighted by atomic mass is 35.5. The second-order valence-corrected chi connectivity index (χ2v) is 4.71. The van der Waals surface area contributed by atoms with E-state index in [1.165, 1.54) is 11.1 Å². The molecule has 2 heterocycles. The molecule has 0 fully saturated rings. The fourth-order valence-corrected chi connectivity index (χ4v) is 2.19. The molecular weight excluding hydrogens is 248 g/mol. The minimum Gasteiger partial charge on any atom is -0.191 e. The van der Waals surface area contributed by atoms with Crippen molar-refractivity contribution in [1.82, 2.24) is 19.8 Å². The number of hydrogen-bond donors (Lipinski definition) is 0. The van der Waals surface area contributed by atoms with Gasteiger partial charge in [-0.3, -0.25) is 0 Å². The lowest BCUT2D eigenvalue weighted by Gasteiger charge is -2.03. The van der Waals surface area contributed by atoms with Crippen LogP contribution in [0.25, 0.3) is 17.0 Å². The molecule has 3 rings (SSSR count). The van der Waals surface area contributed by atoms with E-state index in [1.807, 2.05) is 0 Å². The van der Waals surface area contributed by atoms with Gasteiger partial charge < -0.3 is 0 Å². The predicted molar refractivity (Wildman–Crippen MR) is 70.7 cm³/mol. The Balaban J connectivity index is 2.27. The van der Waals surface area contributed by atoms with Crippen molar-refractivity contribution in [1.29, 1.82) is 0 Å². The topological polar surface area (TPSA) is 43.1 Å². The van der Waals surface area contributed by atoms with E-state index >= 15 is 0 Å². The van der Waals surface area contributed by atoms with Gasteiger partial charge in [0.2, 0.25) is 0 Å². The van der Waals surface area contributed by atoms with E-state index in [0.29, 0.717) is 16.6 Å². The minimum absolute atomic E-state index is 0.424. The van der Waals surface area contributed by atoms with Crippen molar-refractivity contribution >= 4 is 17.2 Å². The number of aryl methyl sites for hydroxylation is 2. The molecule has 0 aliphatic rings. The number of benzene rings is 1. The van der Waals surface area contributed by atoms with Crippen LogP contribution in [0.15, 0.2) is 30.3 Å². The molecule has 0 aliphatic carbocycles. The molecule has 0 N–H and O–H groups in total. The largest absolute Gasteiger partial charge is 0.191 e. The van der Waals surface area contributed by atoms with Gasteiger partial charge in [0, 0.05) is 5.56 Å². The van der Waals surface area contributed by atoms with E-state index in [0.717, 1.165) is 5.56 Å². The van der Waals surface area contributed by atoms with Crippen LogP contribution < -0.4 is 0 Å². The lowest BCUT2D eigenvalue weighted by Crippen LogP contribution is -1.95. The molecule has 4 nitrogen and oxygen atoms in total. The molecule has 0 radical (unpaired) electrons. The Morgan fingerprint density at radius 1 is 1.00 bits per heavy atom. The lowest BCUT2D eigenvalue weighted by molar-refractivity contribution is 0.936. The standard InChI is InChI=1S/C13H11ClN4/c1-8-5-9(2)7-10(6-8)13-16-15-12-4-3-11(14)17-18(12)13/h3-7H,1-2H3. The molecule has 5 heteroatoms. The fourth-order valence-electron chi connectivity index (χ4n) is 2.05. The molecule has 0 atom stereocenters. The third kappa shape index (κ3) is 1.84. The van der Waals surface area contributed by atoms with Crippen molar-refractivity contribution in [3.63, 3.8) is 0 Å². The molecule has 0 bridgehead atoms. The Hall–Kier alpha value is -1.94. The minimum atomic E-state index is 0.424. The van der Waals surface area contributed by atoms with Crippen LogP contribution in [0.2, 0.25) is 5.15 Å². The Labute approximate surface area is 109 Å². The zero-order chi connectivity index (χ0) is 12.7. The molecule has 0 saturated carbocycles. The Morgan fingerprint density at radius 2 is 1.72 bits per heavy atom. The van der Waals surface area contributed by atoms with Crippen LogP contribution in [0.4, 0.5) is 0 Å². The van der Waals surface area contributed by atoms with Crippen LogP contribution >= 0.6 is 11.6 Å². The van der Waals surface area contributed by atoms with E-state index in [9.17, 15) is 0 Å². The normalized spacial score (nSPS) is 11.1. The molecule has 0 amide bonds. The molecule has 0 aliphatic heterocycles. The van der Waals surface area contributed by atoms with Crippen molar-refractivity contribution < 1.29 is 0 Å². The van der Waals surface area contributed by atoms with Crippen LogP contribution in [0.5, 0.6) is 0 Å². The van der Waals surface area contributed by atoms with Crippen molar-refractivity contribution in [2.24, 2.45) is 0 Å². The van der Waals surface area contributed by atoms with Gasteiger partial charge in [-0.05, 0) is 38.1 Å². The Bertz CT molecular complexity index is 713. The number of hydrogen-bond acceptors (Lipinski definition) is 3. The second-order valence-electron chi connectivity index (χ2n) is 4.33. The summed E-state index contributed by atoms with van der Waals surface area (Å²) in [6.07, 6.45) is 0. The molecule has 3 aromatic rings. The highest BCUT2D eigenvalue weighted by Crippen LogP contribution is 2.21. The first-order chi connectivity index (χ1) is 8.63. The van der Waals surface area contributed by atoms with E-state index in [4.69, 9.17) is 11.6 Å². The summed E-state index contributed by atoms with van der Waals surface area (Å²) < 4.78 is 1.66. The lowest BCUT2D eigenvalue weighted by atomic mass is 10.1. The van der Waals surface area contributed by atoms with Crippen molar-refractivity contribution in [3.8, 4) is 11.4 Å². The van der Waals surface area contributed by atoms with Crippen molar-refractivity contribution in [3.05, 3.63) is 46.6 Å². The van der Waals surface area contributed by atoms with Gasteiger partial charge in [0.05, 0.1) is 0 Å². The average molecular weight is 259 g/mol. The highest BCUT2D eigenvalue weighted by molar-refractivity contribution is 6.29. The average Bonchev–Trinajstić information content (AvgIpc) is 2.70. The molecular formula is C13H11ClN4.